The molecule has 5 aromatic carbocycles. The van der Waals surface area contributed by atoms with E-state index in [1.165, 1.54) is 64.0 Å². The number of hydrogen-bond acceptors (Lipinski definition) is 1. The molecule has 152 valence electrons. The zero-order valence-corrected chi connectivity index (χ0v) is 18.7. The largest absolute Gasteiger partial charge is 0.135 e. The lowest BCUT2D eigenvalue weighted by Gasteiger charge is -2.14. The fourth-order valence-corrected chi connectivity index (χ4v) is 6.15. The minimum atomic E-state index is 1.27. The van der Waals surface area contributed by atoms with Gasteiger partial charge in [-0.3, -0.25) is 0 Å². The minimum Gasteiger partial charge on any atom is -0.135 e. The van der Waals surface area contributed by atoms with Crippen molar-refractivity contribution in [3.63, 3.8) is 0 Å². The van der Waals surface area contributed by atoms with E-state index in [4.69, 9.17) is 0 Å². The summed E-state index contributed by atoms with van der Waals surface area (Å²) in [5.74, 6) is 0. The molecule has 0 radical (unpaired) electrons. The summed E-state index contributed by atoms with van der Waals surface area (Å²) in [5.41, 5.74) is 5.16. The zero-order valence-electron chi connectivity index (χ0n) is 17.9. The predicted molar refractivity (Wildman–Crippen MR) is 144 cm³/mol. The van der Waals surface area contributed by atoms with Crippen LogP contribution in [0.5, 0.6) is 0 Å². The number of hydrogen-bond donors (Lipinski definition) is 0. The van der Waals surface area contributed by atoms with Gasteiger partial charge in [0.1, 0.15) is 0 Å². The molecule has 6 rings (SSSR count). The van der Waals surface area contributed by atoms with Crippen molar-refractivity contribution in [2.45, 2.75) is 6.92 Å². The molecule has 0 amide bonds. The van der Waals surface area contributed by atoms with Crippen LogP contribution in [0.1, 0.15) is 11.1 Å². The molecule has 6 aromatic rings. The Labute approximate surface area is 191 Å². The molecule has 0 aliphatic heterocycles. The second-order valence-electron chi connectivity index (χ2n) is 8.22. The molecule has 0 atom stereocenters. The van der Waals surface area contributed by atoms with Crippen molar-refractivity contribution in [2.75, 3.05) is 0 Å². The Morgan fingerprint density at radius 1 is 0.688 bits per heavy atom. The van der Waals surface area contributed by atoms with Crippen LogP contribution in [0.2, 0.25) is 0 Å². The van der Waals surface area contributed by atoms with Gasteiger partial charge in [-0.2, -0.15) is 0 Å². The van der Waals surface area contributed by atoms with E-state index < -0.39 is 0 Å². The average Bonchev–Trinajstić information content (AvgIpc) is 3.23. The summed E-state index contributed by atoms with van der Waals surface area (Å²) in [5, 5.41) is 7.88. The summed E-state index contributed by atoms with van der Waals surface area (Å²) >= 11 is 1.89. The fraction of sp³-hybridized carbons (Fsp3) is 0.0323. The topological polar surface area (TPSA) is 0 Å². The number of benzene rings is 5. The van der Waals surface area contributed by atoms with Crippen LogP contribution in [0.25, 0.3) is 58.9 Å². The van der Waals surface area contributed by atoms with Crippen molar-refractivity contribution in [3.05, 3.63) is 115 Å². The maximum absolute atomic E-state index is 3.85. The molecule has 0 spiro atoms. The highest BCUT2D eigenvalue weighted by molar-refractivity contribution is 7.26. The first kappa shape index (κ1) is 19.0. The van der Waals surface area contributed by atoms with Gasteiger partial charge in [0.2, 0.25) is 0 Å². The van der Waals surface area contributed by atoms with Gasteiger partial charge in [0, 0.05) is 20.2 Å². The Bertz CT molecular complexity index is 1690. The van der Waals surface area contributed by atoms with Gasteiger partial charge in [-0.15, -0.1) is 11.3 Å². The normalized spacial score (nSPS) is 11.9. The third-order valence-corrected chi connectivity index (χ3v) is 7.67. The van der Waals surface area contributed by atoms with Crippen LogP contribution in [0.4, 0.5) is 0 Å². The van der Waals surface area contributed by atoms with Crippen molar-refractivity contribution in [1.82, 2.24) is 0 Å². The molecule has 0 unspecified atom stereocenters. The highest BCUT2D eigenvalue weighted by Gasteiger charge is 2.13. The van der Waals surface area contributed by atoms with Crippen LogP contribution in [-0.4, -0.2) is 0 Å². The van der Waals surface area contributed by atoms with Gasteiger partial charge in [0.05, 0.1) is 0 Å². The first-order valence-corrected chi connectivity index (χ1v) is 11.7. The van der Waals surface area contributed by atoms with Gasteiger partial charge in [0.25, 0.3) is 0 Å². The van der Waals surface area contributed by atoms with Crippen molar-refractivity contribution >= 4 is 59.1 Å². The van der Waals surface area contributed by atoms with E-state index in [1.54, 1.807) is 0 Å². The van der Waals surface area contributed by atoms with E-state index >= 15 is 0 Å². The second-order valence-corrected chi connectivity index (χ2v) is 9.27. The van der Waals surface area contributed by atoms with Crippen LogP contribution >= 0.6 is 11.3 Å². The fourth-order valence-electron chi connectivity index (χ4n) is 4.92. The first-order chi connectivity index (χ1) is 15.8. The van der Waals surface area contributed by atoms with E-state index in [-0.39, 0.29) is 0 Å². The maximum atomic E-state index is 3.85. The van der Waals surface area contributed by atoms with Crippen LogP contribution < -0.4 is 0 Å². The second kappa shape index (κ2) is 7.47. The number of allylic oxidation sites excluding steroid dienone is 2. The van der Waals surface area contributed by atoms with Crippen molar-refractivity contribution in [3.8, 4) is 11.1 Å². The van der Waals surface area contributed by atoms with Gasteiger partial charge in [0.15, 0.2) is 0 Å². The van der Waals surface area contributed by atoms with Gasteiger partial charge in [-0.05, 0) is 62.9 Å². The average molecular weight is 427 g/mol. The summed E-state index contributed by atoms with van der Waals surface area (Å²) in [4.78, 5) is 0. The molecule has 0 nitrogen and oxygen atoms in total. The lowest BCUT2D eigenvalue weighted by atomic mass is 9.90. The molecule has 0 aliphatic rings. The predicted octanol–water partition coefficient (Wildman–Crippen LogP) is 9.54. The Kier molecular flexibility index (Phi) is 4.45. The molecule has 1 heteroatoms. The van der Waals surface area contributed by atoms with Crippen molar-refractivity contribution < 1.29 is 0 Å². The lowest BCUT2D eigenvalue weighted by molar-refractivity contribution is 1.52. The maximum Gasteiger partial charge on any atom is 0.0433 e. The van der Waals surface area contributed by atoms with Crippen LogP contribution in [0, 0.1) is 6.92 Å². The van der Waals surface area contributed by atoms with Crippen molar-refractivity contribution in [2.24, 2.45) is 0 Å². The number of rotatable bonds is 3. The molecule has 0 aliphatic carbocycles. The lowest BCUT2D eigenvalue weighted by Crippen LogP contribution is -1.90. The molecular formula is C31H22S. The molecule has 1 heterocycles. The summed E-state index contributed by atoms with van der Waals surface area (Å²) in [6.07, 6.45) is 6.04. The molecule has 1 aromatic heterocycles. The van der Waals surface area contributed by atoms with E-state index in [1.807, 2.05) is 23.5 Å². The third kappa shape index (κ3) is 2.82. The highest BCUT2D eigenvalue weighted by atomic mass is 32.1. The van der Waals surface area contributed by atoms with E-state index in [0.717, 1.165) is 0 Å². The van der Waals surface area contributed by atoms with Crippen molar-refractivity contribution in [1.29, 1.82) is 0 Å². The molecule has 0 saturated heterocycles. The molecule has 0 bridgehead atoms. The van der Waals surface area contributed by atoms with E-state index in [0.29, 0.717) is 0 Å². The minimum absolute atomic E-state index is 1.27. The van der Waals surface area contributed by atoms with Gasteiger partial charge in [-0.1, -0.05) is 97.6 Å². The SMILES string of the molecule is C=C/C=C\c1c(C)c2ccc(-c3cccc4c3sc3ccccc34)cc2c2ccccc12. The molecule has 32 heavy (non-hydrogen) atoms. The van der Waals surface area contributed by atoms with Crippen LogP contribution in [0.15, 0.2) is 104 Å². The zero-order chi connectivity index (χ0) is 21.7. The Morgan fingerprint density at radius 3 is 2.28 bits per heavy atom. The van der Waals surface area contributed by atoms with E-state index in [2.05, 4.69) is 105 Å². The number of aryl methyl sites for hydroxylation is 1. The highest BCUT2D eigenvalue weighted by Crippen LogP contribution is 2.41. The smallest absolute Gasteiger partial charge is 0.0433 e. The van der Waals surface area contributed by atoms with Crippen LogP contribution in [-0.2, 0) is 0 Å². The molecule has 0 fully saturated rings. The summed E-state index contributed by atoms with van der Waals surface area (Å²) in [7, 11) is 0. The summed E-state index contributed by atoms with van der Waals surface area (Å²) in [6, 6.07) is 31.1. The Morgan fingerprint density at radius 2 is 1.44 bits per heavy atom. The van der Waals surface area contributed by atoms with Crippen LogP contribution in [0.3, 0.4) is 0 Å². The number of fused-ring (bicyclic) bond motifs is 6. The van der Waals surface area contributed by atoms with Gasteiger partial charge < -0.3 is 0 Å². The summed E-state index contributed by atoms with van der Waals surface area (Å²) in [6.45, 7) is 6.07. The first-order valence-electron chi connectivity index (χ1n) is 10.9. The standard InChI is InChI=1S/C31H22S/c1-3-4-10-22-20(2)23-18-17-21(19-29(23)26-12-6-5-11-25(22)26)24-14-9-15-28-27-13-7-8-16-30(27)32-31(24)28/h3-19H,1H2,2H3/b10-4-. The third-order valence-electron chi connectivity index (χ3n) is 6.45. The van der Waals surface area contributed by atoms with Gasteiger partial charge in [-0.25, -0.2) is 0 Å². The summed E-state index contributed by atoms with van der Waals surface area (Å²) < 4.78 is 2.70. The van der Waals surface area contributed by atoms with Gasteiger partial charge >= 0.3 is 0 Å². The number of thiophene rings is 1. The molecule has 0 saturated carbocycles. The Balaban J connectivity index is 1.67. The quantitative estimate of drug-likeness (QED) is 0.195. The van der Waals surface area contributed by atoms with E-state index in [9.17, 15) is 0 Å². The monoisotopic (exact) mass is 426 g/mol. The Hall–Kier alpha value is -3.68. The molecular weight excluding hydrogens is 404 g/mol. The molecule has 0 N–H and O–H groups in total.